The summed E-state index contributed by atoms with van der Waals surface area (Å²) in [6, 6.07) is 13.0. The smallest absolute Gasteiger partial charge is 0.126 e. The summed E-state index contributed by atoms with van der Waals surface area (Å²) in [6.45, 7) is 2.27. The first kappa shape index (κ1) is 14.2. The van der Waals surface area contributed by atoms with Gasteiger partial charge in [0.25, 0.3) is 0 Å². The highest BCUT2D eigenvalue weighted by molar-refractivity contribution is 5.89. The van der Waals surface area contributed by atoms with Crippen LogP contribution in [0.3, 0.4) is 0 Å². The van der Waals surface area contributed by atoms with Crippen molar-refractivity contribution in [2.75, 3.05) is 20.2 Å². The molecule has 0 amide bonds. The van der Waals surface area contributed by atoms with E-state index in [4.69, 9.17) is 4.74 Å². The standard InChI is InChI=1S/C16H19NO.ClH/c1-18-16-4-2-3-13-5-6-14(11-15(13)16)12-7-9-17-10-8-12;/h2-6,11-12,17H,7-10H2,1H3;1H. The van der Waals surface area contributed by atoms with Crippen LogP contribution in [0.25, 0.3) is 10.8 Å². The van der Waals surface area contributed by atoms with Gasteiger partial charge < -0.3 is 10.1 Å². The van der Waals surface area contributed by atoms with Crippen molar-refractivity contribution in [3.8, 4) is 5.75 Å². The summed E-state index contributed by atoms with van der Waals surface area (Å²) < 4.78 is 5.46. The summed E-state index contributed by atoms with van der Waals surface area (Å²) in [4.78, 5) is 0. The predicted molar refractivity (Wildman–Crippen MR) is 82.6 cm³/mol. The second-order valence-corrected chi connectivity index (χ2v) is 4.97. The number of piperidine rings is 1. The van der Waals surface area contributed by atoms with E-state index in [0.717, 1.165) is 18.8 Å². The number of halogens is 1. The number of rotatable bonds is 2. The van der Waals surface area contributed by atoms with E-state index in [1.165, 1.54) is 29.2 Å². The number of nitrogens with one attached hydrogen (secondary N) is 1. The molecule has 1 fully saturated rings. The minimum absolute atomic E-state index is 0. The highest BCUT2D eigenvalue weighted by Gasteiger charge is 2.15. The molecule has 1 N–H and O–H groups in total. The average Bonchev–Trinajstić information content (AvgIpc) is 2.47. The molecular weight excluding hydrogens is 258 g/mol. The van der Waals surface area contributed by atoms with Gasteiger partial charge in [0.1, 0.15) is 5.75 Å². The molecule has 3 heteroatoms. The molecule has 1 aliphatic heterocycles. The highest BCUT2D eigenvalue weighted by Crippen LogP contribution is 2.31. The number of ether oxygens (including phenoxy) is 1. The molecule has 0 radical (unpaired) electrons. The maximum Gasteiger partial charge on any atom is 0.126 e. The molecule has 1 saturated heterocycles. The first-order valence-electron chi connectivity index (χ1n) is 6.66. The quantitative estimate of drug-likeness (QED) is 0.903. The largest absolute Gasteiger partial charge is 0.496 e. The first-order chi connectivity index (χ1) is 8.88. The van der Waals surface area contributed by atoms with Crippen LogP contribution < -0.4 is 10.1 Å². The zero-order chi connectivity index (χ0) is 12.4. The van der Waals surface area contributed by atoms with Gasteiger partial charge >= 0.3 is 0 Å². The monoisotopic (exact) mass is 277 g/mol. The first-order valence-corrected chi connectivity index (χ1v) is 6.66. The van der Waals surface area contributed by atoms with Crippen molar-refractivity contribution >= 4 is 23.2 Å². The summed E-state index contributed by atoms with van der Waals surface area (Å²) in [5, 5.41) is 5.91. The van der Waals surface area contributed by atoms with Gasteiger partial charge in [-0.1, -0.05) is 24.3 Å². The fraction of sp³-hybridized carbons (Fsp3) is 0.375. The number of hydrogen-bond acceptors (Lipinski definition) is 2. The van der Waals surface area contributed by atoms with Gasteiger partial charge in [0.05, 0.1) is 7.11 Å². The van der Waals surface area contributed by atoms with E-state index in [-0.39, 0.29) is 12.4 Å². The van der Waals surface area contributed by atoms with Crippen LogP contribution in [0.4, 0.5) is 0 Å². The second kappa shape index (κ2) is 6.27. The van der Waals surface area contributed by atoms with Gasteiger partial charge in [-0.3, -0.25) is 0 Å². The van der Waals surface area contributed by atoms with E-state index in [1.54, 1.807) is 7.11 Å². The van der Waals surface area contributed by atoms with E-state index in [2.05, 4.69) is 29.6 Å². The van der Waals surface area contributed by atoms with Crippen LogP contribution in [-0.4, -0.2) is 20.2 Å². The Morgan fingerprint density at radius 3 is 2.63 bits per heavy atom. The predicted octanol–water partition coefficient (Wildman–Crippen LogP) is 3.74. The molecule has 0 saturated carbocycles. The van der Waals surface area contributed by atoms with Gasteiger partial charge in [-0.05, 0) is 54.9 Å². The van der Waals surface area contributed by atoms with E-state index < -0.39 is 0 Å². The third kappa shape index (κ3) is 2.85. The van der Waals surface area contributed by atoms with Crippen LogP contribution in [-0.2, 0) is 0 Å². The maximum atomic E-state index is 5.46. The van der Waals surface area contributed by atoms with Gasteiger partial charge in [0.2, 0.25) is 0 Å². The van der Waals surface area contributed by atoms with Crippen LogP contribution >= 0.6 is 12.4 Å². The van der Waals surface area contributed by atoms with E-state index >= 15 is 0 Å². The molecule has 1 heterocycles. The van der Waals surface area contributed by atoms with Gasteiger partial charge in [-0.2, -0.15) is 0 Å². The lowest BCUT2D eigenvalue weighted by Crippen LogP contribution is -2.26. The molecule has 0 atom stereocenters. The van der Waals surface area contributed by atoms with Crippen molar-refractivity contribution in [1.82, 2.24) is 5.32 Å². The summed E-state index contributed by atoms with van der Waals surface area (Å²) in [6.07, 6.45) is 2.47. The van der Waals surface area contributed by atoms with Crippen LogP contribution in [0, 0.1) is 0 Å². The molecule has 0 bridgehead atoms. The van der Waals surface area contributed by atoms with Crippen molar-refractivity contribution in [2.24, 2.45) is 0 Å². The summed E-state index contributed by atoms with van der Waals surface area (Å²) in [5.41, 5.74) is 1.45. The van der Waals surface area contributed by atoms with E-state index in [0.29, 0.717) is 5.92 Å². The topological polar surface area (TPSA) is 21.3 Å². The molecule has 0 aromatic heterocycles. The second-order valence-electron chi connectivity index (χ2n) is 4.97. The Hall–Kier alpha value is -1.25. The number of methoxy groups -OCH3 is 1. The lowest BCUT2D eigenvalue weighted by molar-refractivity contribution is 0.419. The van der Waals surface area contributed by atoms with Gasteiger partial charge in [0, 0.05) is 5.39 Å². The molecule has 2 nitrogen and oxygen atoms in total. The number of fused-ring (bicyclic) bond motifs is 1. The summed E-state index contributed by atoms with van der Waals surface area (Å²) in [7, 11) is 1.74. The van der Waals surface area contributed by atoms with Crippen LogP contribution in [0.1, 0.15) is 24.3 Å². The Morgan fingerprint density at radius 2 is 1.89 bits per heavy atom. The lowest BCUT2D eigenvalue weighted by Gasteiger charge is -2.23. The van der Waals surface area contributed by atoms with Crippen LogP contribution in [0.5, 0.6) is 5.75 Å². The number of hydrogen-bond donors (Lipinski definition) is 1. The zero-order valence-corrected chi connectivity index (χ0v) is 12.0. The van der Waals surface area contributed by atoms with Crippen molar-refractivity contribution in [3.05, 3.63) is 42.0 Å². The fourth-order valence-corrected chi connectivity index (χ4v) is 2.85. The molecule has 0 unspecified atom stereocenters. The average molecular weight is 278 g/mol. The minimum atomic E-state index is 0. The van der Waals surface area contributed by atoms with Crippen LogP contribution in [0.2, 0.25) is 0 Å². The Morgan fingerprint density at radius 1 is 1.11 bits per heavy atom. The maximum absolute atomic E-state index is 5.46. The lowest BCUT2D eigenvalue weighted by atomic mass is 9.89. The molecule has 19 heavy (non-hydrogen) atoms. The molecule has 1 aliphatic rings. The summed E-state index contributed by atoms with van der Waals surface area (Å²) in [5.74, 6) is 1.67. The van der Waals surface area contributed by atoms with Crippen molar-refractivity contribution in [1.29, 1.82) is 0 Å². The SMILES string of the molecule is COc1cccc2ccc(C3CCNCC3)cc12.Cl. The van der Waals surface area contributed by atoms with E-state index in [9.17, 15) is 0 Å². The Kier molecular flexibility index (Phi) is 4.67. The Labute approximate surface area is 120 Å². The van der Waals surface area contributed by atoms with Crippen LogP contribution in [0.15, 0.2) is 36.4 Å². The van der Waals surface area contributed by atoms with Gasteiger partial charge in [-0.25, -0.2) is 0 Å². The fourth-order valence-electron chi connectivity index (χ4n) is 2.85. The molecule has 2 aromatic rings. The summed E-state index contributed by atoms with van der Waals surface area (Å²) >= 11 is 0. The van der Waals surface area contributed by atoms with Crippen molar-refractivity contribution in [2.45, 2.75) is 18.8 Å². The third-order valence-corrected chi connectivity index (χ3v) is 3.90. The third-order valence-electron chi connectivity index (χ3n) is 3.90. The molecule has 3 rings (SSSR count). The Bertz CT molecular complexity index is 549. The number of benzene rings is 2. The molecule has 0 aliphatic carbocycles. The zero-order valence-electron chi connectivity index (χ0n) is 11.2. The molecular formula is C16H20ClNO. The van der Waals surface area contributed by atoms with Gasteiger partial charge in [-0.15, -0.1) is 12.4 Å². The molecule has 2 aromatic carbocycles. The Balaban J connectivity index is 0.00000133. The van der Waals surface area contributed by atoms with E-state index in [1.807, 2.05) is 12.1 Å². The molecule has 0 spiro atoms. The van der Waals surface area contributed by atoms with Crippen molar-refractivity contribution < 1.29 is 4.74 Å². The van der Waals surface area contributed by atoms with Gasteiger partial charge in [0.15, 0.2) is 0 Å². The minimum Gasteiger partial charge on any atom is -0.496 e. The normalized spacial score (nSPS) is 16.1. The van der Waals surface area contributed by atoms with Crippen molar-refractivity contribution in [3.63, 3.8) is 0 Å². The molecule has 102 valence electrons. The highest BCUT2D eigenvalue weighted by atomic mass is 35.5.